The van der Waals surface area contributed by atoms with Gasteiger partial charge in [0.1, 0.15) is 0 Å². The summed E-state index contributed by atoms with van der Waals surface area (Å²) in [5.41, 5.74) is 4.30. The molecule has 1 aromatic carbocycles. The number of halogens is 4. The molecule has 0 aliphatic rings. The third-order valence-corrected chi connectivity index (χ3v) is 2.63. The number of alkyl halides is 3. The van der Waals surface area contributed by atoms with Crippen molar-refractivity contribution in [2.24, 2.45) is 0 Å². The van der Waals surface area contributed by atoms with Gasteiger partial charge in [-0.1, -0.05) is 11.6 Å². The van der Waals surface area contributed by atoms with Crippen LogP contribution >= 0.6 is 11.6 Å². The monoisotopic (exact) mass is 280 g/mol. The van der Waals surface area contributed by atoms with Crippen molar-refractivity contribution >= 4 is 17.3 Å². The van der Waals surface area contributed by atoms with Crippen LogP contribution < -0.4 is 11.1 Å². The molecule has 0 saturated carbocycles. The van der Waals surface area contributed by atoms with Crippen LogP contribution in [-0.4, -0.2) is 5.54 Å². The van der Waals surface area contributed by atoms with Gasteiger partial charge in [-0.2, -0.15) is 13.2 Å². The van der Waals surface area contributed by atoms with Gasteiger partial charge in [-0.05, 0) is 38.5 Å². The number of anilines is 1. The number of benzene rings is 1. The van der Waals surface area contributed by atoms with E-state index in [9.17, 15) is 13.2 Å². The van der Waals surface area contributed by atoms with Crippen molar-refractivity contribution in [3.63, 3.8) is 0 Å². The zero-order chi connectivity index (χ0) is 14.1. The van der Waals surface area contributed by atoms with E-state index in [1.54, 1.807) is 0 Å². The van der Waals surface area contributed by atoms with Crippen LogP contribution in [0.1, 0.15) is 31.9 Å². The quantitative estimate of drug-likeness (QED) is 0.808. The van der Waals surface area contributed by atoms with Gasteiger partial charge in [-0.15, -0.1) is 0 Å². The molecule has 0 spiro atoms. The Hall–Kier alpha value is -0.940. The second kappa shape index (κ2) is 4.97. The number of nitrogens with one attached hydrogen (secondary N) is 1. The van der Waals surface area contributed by atoms with Crippen molar-refractivity contribution in [1.29, 1.82) is 0 Å². The molecular weight excluding hydrogens is 265 g/mol. The molecule has 0 saturated heterocycles. The lowest BCUT2D eigenvalue weighted by Crippen LogP contribution is -2.35. The highest BCUT2D eigenvalue weighted by atomic mass is 35.5. The first kappa shape index (κ1) is 15.1. The molecule has 0 unspecified atom stereocenters. The molecule has 0 amide bonds. The Balaban J connectivity index is 3.06. The molecule has 18 heavy (non-hydrogen) atoms. The average molecular weight is 281 g/mol. The smallest absolute Gasteiger partial charge is 0.397 e. The van der Waals surface area contributed by atoms with Crippen molar-refractivity contribution in [3.05, 3.63) is 28.3 Å². The largest absolute Gasteiger partial charge is 0.418 e. The number of rotatable bonds is 2. The van der Waals surface area contributed by atoms with E-state index in [4.69, 9.17) is 17.3 Å². The summed E-state index contributed by atoms with van der Waals surface area (Å²) in [4.78, 5) is 0. The Labute approximate surface area is 109 Å². The minimum absolute atomic E-state index is 0.0736. The van der Waals surface area contributed by atoms with Gasteiger partial charge >= 0.3 is 6.18 Å². The molecule has 2 nitrogen and oxygen atoms in total. The van der Waals surface area contributed by atoms with Gasteiger partial charge in [0.2, 0.25) is 0 Å². The standard InChI is InChI=1S/C12H16ClF3N2/c1-11(2,3)18-6-7-4-8(12(14,15)16)10(17)9(13)5-7/h4-5,18H,6,17H2,1-3H3. The van der Waals surface area contributed by atoms with E-state index in [0.29, 0.717) is 12.1 Å². The molecule has 0 aliphatic carbocycles. The zero-order valence-electron chi connectivity index (χ0n) is 10.5. The predicted octanol–water partition coefficient (Wildman–Crippen LogP) is 3.83. The summed E-state index contributed by atoms with van der Waals surface area (Å²) in [6, 6.07) is 2.48. The van der Waals surface area contributed by atoms with Gasteiger partial charge < -0.3 is 11.1 Å². The molecule has 3 N–H and O–H groups in total. The maximum absolute atomic E-state index is 12.7. The fourth-order valence-corrected chi connectivity index (χ4v) is 1.62. The van der Waals surface area contributed by atoms with Crippen LogP contribution in [0.2, 0.25) is 5.02 Å². The second-order valence-electron chi connectivity index (χ2n) is 5.14. The molecule has 1 rings (SSSR count). The third-order valence-electron chi connectivity index (χ3n) is 2.32. The van der Waals surface area contributed by atoms with Gasteiger partial charge in [0.05, 0.1) is 16.3 Å². The molecular formula is C12H16ClF3N2. The van der Waals surface area contributed by atoms with E-state index < -0.39 is 17.4 Å². The topological polar surface area (TPSA) is 38.0 Å². The Kier molecular flexibility index (Phi) is 4.18. The van der Waals surface area contributed by atoms with Crippen molar-refractivity contribution < 1.29 is 13.2 Å². The first-order valence-electron chi connectivity index (χ1n) is 5.41. The molecule has 0 bridgehead atoms. The van der Waals surface area contributed by atoms with Crippen molar-refractivity contribution in [2.45, 2.75) is 39.0 Å². The molecule has 1 aromatic rings. The molecule has 6 heteroatoms. The van der Waals surface area contributed by atoms with E-state index in [1.807, 2.05) is 20.8 Å². The fraction of sp³-hybridized carbons (Fsp3) is 0.500. The maximum Gasteiger partial charge on any atom is 0.418 e. The van der Waals surface area contributed by atoms with E-state index in [1.165, 1.54) is 6.07 Å². The summed E-state index contributed by atoms with van der Waals surface area (Å²) in [6.45, 7) is 6.08. The number of hydrogen-bond donors (Lipinski definition) is 2. The Morgan fingerprint density at radius 1 is 1.22 bits per heavy atom. The molecule has 0 aromatic heterocycles. The van der Waals surface area contributed by atoms with Crippen LogP contribution in [0, 0.1) is 0 Å². The summed E-state index contributed by atoms with van der Waals surface area (Å²) in [7, 11) is 0. The first-order valence-corrected chi connectivity index (χ1v) is 5.78. The highest BCUT2D eigenvalue weighted by molar-refractivity contribution is 6.33. The number of nitrogen functional groups attached to an aromatic ring is 1. The van der Waals surface area contributed by atoms with Crippen LogP contribution in [0.25, 0.3) is 0 Å². The second-order valence-corrected chi connectivity index (χ2v) is 5.55. The van der Waals surface area contributed by atoms with Crippen LogP contribution in [0.15, 0.2) is 12.1 Å². The summed E-state index contributed by atoms with van der Waals surface area (Å²) < 4.78 is 38.2. The number of nitrogens with two attached hydrogens (primary N) is 1. The molecule has 0 radical (unpaired) electrons. The van der Waals surface area contributed by atoms with Crippen molar-refractivity contribution in [1.82, 2.24) is 5.32 Å². The summed E-state index contributed by atoms with van der Waals surface area (Å²) in [6.07, 6.45) is -4.49. The highest BCUT2D eigenvalue weighted by Gasteiger charge is 2.34. The van der Waals surface area contributed by atoms with Crippen molar-refractivity contribution in [3.8, 4) is 0 Å². The highest BCUT2D eigenvalue weighted by Crippen LogP contribution is 2.37. The molecule has 0 aliphatic heterocycles. The summed E-state index contributed by atoms with van der Waals surface area (Å²) in [5.74, 6) is 0. The lowest BCUT2D eigenvalue weighted by Gasteiger charge is -2.21. The normalized spacial score (nSPS) is 12.8. The Bertz CT molecular complexity index is 436. The third kappa shape index (κ3) is 4.07. The SMILES string of the molecule is CC(C)(C)NCc1cc(Cl)c(N)c(C(F)(F)F)c1. The van der Waals surface area contributed by atoms with Gasteiger partial charge in [0.25, 0.3) is 0 Å². The molecule has 0 fully saturated rings. The Morgan fingerprint density at radius 2 is 1.78 bits per heavy atom. The molecule has 102 valence electrons. The maximum atomic E-state index is 12.7. The van der Waals surface area contributed by atoms with Gasteiger partial charge in [0.15, 0.2) is 0 Å². The van der Waals surface area contributed by atoms with Crippen molar-refractivity contribution in [2.75, 3.05) is 5.73 Å². The molecule has 0 atom stereocenters. The first-order chi connectivity index (χ1) is 8.00. The van der Waals surface area contributed by atoms with Crippen LogP contribution in [0.3, 0.4) is 0 Å². The fourth-order valence-electron chi connectivity index (χ4n) is 1.38. The van der Waals surface area contributed by atoms with Gasteiger partial charge in [0, 0.05) is 12.1 Å². The van der Waals surface area contributed by atoms with Crippen LogP contribution in [0.4, 0.5) is 18.9 Å². The Morgan fingerprint density at radius 3 is 2.22 bits per heavy atom. The van der Waals surface area contributed by atoms with E-state index >= 15 is 0 Å². The zero-order valence-corrected chi connectivity index (χ0v) is 11.2. The van der Waals surface area contributed by atoms with Crippen LogP contribution in [-0.2, 0) is 12.7 Å². The van der Waals surface area contributed by atoms with Gasteiger partial charge in [-0.3, -0.25) is 0 Å². The lowest BCUT2D eigenvalue weighted by molar-refractivity contribution is -0.136. The van der Waals surface area contributed by atoms with E-state index in [-0.39, 0.29) is 10.6 Å². The van der Waals surface area contributed by atoms with E-state index in [0.717, 1.165) is 6.07 Å². The minimum Gasteiger partial charge on any atom is -0.397 e. The lowest BCUT2D eigenvalue weighted by atomic mass is 10.1. The number of hydrogen-bond acceptors (Lipinski definition) is 2. The van der Waals surface area contributed by atoms with Gasteiger partial charge in [-0.25, -0.2) is 0 Å². The summed E-state index contributed by atoms with van der Waals surface area (Å²) >= 11 is 5.72. The van der Waals surface area contributed by atoms with Crippen LogP contribution in [0.5, 0.6) is 0 Å². The molecule has 0 heterocycles. The minimum atomic E-state index is -4.49. The predicted molar refractivity (Wildman–Crippen MR) is 67.5 cm³/mol. The summed E-state index contributed by atoms with van der Waals surface area (Å²) in [5, 5.41) is 3.02. The van der Waals surface area contributed by atoms with E-state index in [2.05, 4.69) is 5.32 Å². The average Bonchev–Trinajstić information content (AvgIpc) is 2.16.